The molecule has 0 aliphatic carbocycles. The molecule has 0 saturated heterocycles. The molecule has 0 atom stereocenters. The van der Waals surface area contributed by atoms with Crippen molar-refractivity contribution in [1.82, 2.24) is 4.57 Å². The summed E-state index contributed by atoms with van der Waals surface area (Å²) < 4.78 is 39.9. The Balaban J connectivity index is 2.46. The summed E-state index contributed by atoms with van der Waals surface area (Å²) in [6, 6.07) is 3.70. The van der Waals surface area contributed by atoms with Crippen molar-refractivity contribution in [3.63, 3.8) is 0 Å². The maximum Gasteiger partial charge on any atom is 0.432 e. The van der Waals surface area contributed by atoms with E-state index in [1.54, 1.807) is 0 Å². The molecule has 2 rings (SSSR count). The van der Waals surface area contributed by atoms with Crippen molar-refractivity contribution in [2.75, 3.05) is 19.5 Å². The van der Waals surface area contributed by atoms with E-state index in [9.17, 15) is 13.2 Å². The van der Waals surface area contributed by atoms with Crippen LogP contribution in [0.25, 0.3) is 0 Å². The Kier molecular flexibility index (Phi) is 5.97. The Bertz CT molecular complexity index is 890. The maximum atomic E-state index is 12.9. The van der Waals surface area contributed by atoms with Gasteiger partial charge in [-0.15, -0.1) is 24.5 Å². The number of thiazole rings is 1. The van der Waals surface area contributed by atoms with Crippen molar-refractivity contribution in [3.8, 4) is 0 Å². The van der Waals surface area contributed by atoms with Gasteiger partial charge in [0.05, 0.1) is 5.69 Å². The van der Waals surface area contributed by atoms with Gasteiger partial charge in [-0.2, -0.15) is 13.2 Å². The van der Waals surface area contributed by atoms with Gasteiger partial charge in [-0.3, -0.25) is 0 Å². The average molecular weight is 409 g/mol. The highest BCUT2D eigenvalue weighted by molar-refractivity contribution is 7.72. The minimum Gasteiger partial charge on any atom is -0.316 e. The molecule has 0 saturated carbocycles. The van der Waals surface area contributed by atoms with E-state index >= 15 is 0 Å². The lowest BCUT2D eigenvalue weighted by Gasteiger charge is -2.14. The quantitative estimate of drug-likeness (QED) is 0.590. The van der Waals surface area contributed by atoms with Crippen LogP contribution in [0.3, 0.4) is 0 Å². The highest BCUT2D eigenvalue weighted by Gasteiger charge is 2.34. The van der Waals surface area contributed by atoms with Crippen molar-refractivity contribution in [2.24, 2.45) is 12.0 Å². The molecule has 0 spiro atoms. The zero-order valence-corrected chi connectivity index (χ0v) is 17.1. The first-order chi connectivity index (χ1) is 11.4. The second kappa shape index (κ2) is 7.34. The van der Waals surface area contributed by atoms with Crippen LogP contribution < -0.4 is 4.80 Å². The molecule has 1 heterocycles. The molecule has 0 unspecified atom stereocenters. The second-order valence-corrected chi connectivity index (χ2v) is 12.3. The largest absolute Gasteiger partial charge is 0.432 e. The lowest BCUT2D eigenvalue weighted by molar-refractivity contribution is -0.143. The first kappa shape index (κ1) is 20.3. The molecule has 0 amide bonds. The van der Waals surface area contributed by atoms with Crippen LogP contribution in [0, 0.1) is 6.92 Å². The van der Waals surface area contributed by atoms with E-state index in [0.717, 1.165) is 45.0 Å². The van der Waals surface area contributed by atoms with Crippen molar-refractivity contribution in [2.45, 2.75) is 19.5 Å². The van der Waals surface area contributed by atoms with Gasteiger partial charge in [-0.1, -0.05) is 11.6 Å². The number of hydrogen-bond acceptors (Lipinski definition) is 2. The minimum atomic E-state index is -4.39. The summed E-state index contributed by atoms with van der Waals surface area (Å²) in [7, 11) is 1.38. The van der Waals surface area contributed by atoms with E-state index in [0.29, 0.717) is 15.5 Å². The van der Waals surface area contributed by atoms with Gasteiger partial charge in [0, 0.05) is 17.5 Å². The number of aromatic nitrogens is 1. The van der Waals surface area contributed by atoms with Crippen LogP contribution in [0.5, 0.6) is 0 Å². The molecule has 0 aliphatic heterocycles. The van der Waals surface area contributed by atoms with Gasteiger partial charge in [0.1, 0.15) is 5.69 Å². The molecule has 25 heavy (non-hydrogen) atoms. The van der Waals surface area contributed by atoms with Gasteiger partial charge < -0.3 is 4.57 Å². The number of aryl methyl sites for hydroxylation is 2. The van der Waals surface area contributed by atoms with Crippen LogP contribution >= 0.6 is 29.8 Å². The Hall–Kier alpha value is -0.970. The fraction of sp³-hybridized carbons (Fsp3) is 0.412. The van der Waals surface area contributed by atoms with Crippen LogP contribution in [-0.2, 0) is 19.6 Å². The Morgan fingerprint density at radius 3 is 2.48 bits per heavy atom. The van der Waals surface area contributed by atoms with Crippen LogP contribution in [0.4, 0.5) is 18.9 Å². The molecule has 138 valence electrons. The van der Waals surface area contributed by atoms with E-state index in [2.05, 4.69) is 24.6 Å². The summed E-state index contributed by atoms with van der Waals surface area (Å²) in [6.45, 7) is 4.98. The van der Waals surface area contributed by atoms with Crippen molar-refractivity contribution < 1.29 is 13.2 Å². The number of alkyl halides is 3. The second-order valence-electron chi connectivity index (χ2n) is 6.71. The predicted octanol–water partition coefficient (Wildman–Crippen LogP) is 5.55. The van der Waals surface area contributed by atoms with Crippen LogP contribution in [0.2, 0.25) is 5.02 Å². The third-order valence-corrected chi connectivity index (χ3v) is 6.49. The molecule has 2 aromatic rings. The third-order valence-electron chi connectivity index (χ3n) is 3.78. The van der Waals surface area contributed by atoms with E-state index in [1.165, 1.54) is 7.05 Å². The summed E-state index contributed by atoms with van der Waals surface area (Å²) >= 11 is 7.30. The molecule has 0 aliphatic rings. The Morgan fingerprint density at radius 2 is 1.96 bits per heavy atom. The van der Waals surface area contributed by atoms with Crippen molar-refractivity contribution in [1.29, 1.82) is 0 Å². The molecule has 1 aromatic carbocycles. The van der Waals surface area contributed by atoms with Gasteiger partial charge >= 0.3 is 6.18 Å². The first-order valence-corrected chi connectivity index (χ1v) is 11.9. The molecule has 0 radical (unpaired) electrons. The molecule has 2 nitrogen and oxygen atoms in total. The summed E-state index contributed by atoms with van der Waals surface area (Å²) in [5.41, 5.74) is 1.73. The normalized spacial score (nSPS) is 13.5. The standard InChI is InChI=1S/C17H21ClF3N2PS/c1-11-8-13(18)12(6-7-24(3,4)5)9-14(11)22-16-23(2)15(10-25-16)17(19,20)21/h8-10H,3,6-7H2,1-2,4-5H3. The lowest BCUT2D eigenvalue weighted by atomic mass is 10.1. The first-order valence-electron chi connectivity index (χ1n) is 7.61. The van der Waals surface area contributed by atoms with E-state index in [4.69, 9.17) is 11.6 Å². The summed E-state index contributed by atoms with van der Waals surface area (Å²) in [6.07, 6.45) is 1.56. The lowest BCUT2D eigenvalue weighted by Crippen LogP contribution is -2.18. The van der Waals surface area contributed by atoms with E-state index < -0.39 is 18.8 Å². The molecule has 1 aromatic heterocycles. The van der Waals surface area contributed by atoms with Gasteiger partial charge in [0.25, 0.3) is 0 Å². The Labute approximate surface area is 155 Å². The number of hydrogen-bond donors (Lipinski definition) is 0. The Morgan fingerprint density at radius 1 is 1.32 bits per heavy atom. The summed E-state index contributed by atoms with van der Waals surface area (Å²) in [5, 5.41) is 1.75. The van der Waals surface area contributed by atoms with Crippen LogP contribution in [0.15, 0.2) is 22.5 Å². The SMILES string of the molecule is C=P(C)(C)CCc1cc(N=c2scc(C(F)(F)F)n2C)c(C)cc1Cl. The zero-order chi connectivity index (χ0) is 19.0. The highest BCUT2D eigenvalue weighted by atomic mass is 35.5. The molecular weight excluding hydrogens is 388 g/mol. The average Bonchev–Trinajstić information content (AvgIpc) is 2.80. The van der Waals surface area contributed by atoms with Gasteiger partial charge in [-0.05, 0) is 56.1 Å². The molecule has 0 N–H and O–H groups in total. The third kappa shape index (κ3) is 5.25. The number of halogens is 4. The van der Waals surface area contributed by atoms with Crippen LogP contribution in [-0.4, -0.2) is 30.4 Å². The summed E-state index contributed by atoms with van der Waals surface area (Å²) in [4.78, 5) is 4.74. The van der Waals surface area contributed by atoms with Gasteiger partial charge in [0.2, 0.25) is 0 Å². The molecule has 8 heteroatoms. The monoisotopic (exact) mass is 408 g/mol. The topological polar surface area (TPSA) is 17.3 Å². The van der Waals surface area contributed by atoms with Gasteiger partial charge in [-0.25, -0.2) is 4.99 Å². The number of nitrogens with zero attached hydrogens (tertiary/aromatic N) is 2. The van der Waals surface area contributed by atoms with E-state index in [1.807, 2.05) is 19.1 Å². The molecule has 0 fully saturated rings. The highest BCUT2D eigenvalue weighted by Crippen LogP contribution is 2.37. The molecule has 0 bridgehead atoms. The molecular formula is C17H21ClF3N2PS. The number of benzene rings is 1. The summed E-state index contributed by atoms with van der Waals surface area (Å²) in [5.74, 6) is 0. The fourth-order valence-electron chi connectivity index (χ4n) is 2.27. The van der Waals surface area contributed by atoms with Crippen LogP contribution in [0.1, 0.15) is 16.8 Å². The van der Waals surface area contributed by atoms with E-state index in [-0.39, 0.29) is 0 Å². The predicted molar refractivity (Wildman–Crippen MR) is 104 cm³/mol. The van der Waals surface area contributed by atoms with Gasteiger partial charge in [0.15, 0.2) is 4.80 Å². The maximum absolute atomic E-state index is 12.9. The zero-order valence-electron chi connectivity index (χ0n) is 14.6. The fourth-order valence-corrected chi connectivity index (χ4v) is 4.35. The van der Waals surface area contributed by atoms with Crippen molar-refractivity contribution >= 4 is 41.8 Å². The van der Waals surface area contributed by atoms with Crippen molar-refractivity contribution in [3.05, 3.63) is 44.2 Å². The number of rotatable bonds is 4. The minimum absolute atomic E-state index is 0.300. The smallest absolute Gasteiger partial charge is 0.316 e.